The number of carboxylic acids is 1. The van der Waals surface area contributed by atoms with Crippen molar-refractivity contribution in [3.8, 4) is 22.5 Å². The number of carbonyl (C=O) groups is 3. The second-order valence-electron chi connectivity index (χ2n) is 14.5. The number of hydrogen-bond acceptors (Lipinski definition) is 8. The van der Waals surface area contributed by atoms with Crippen molar-refractivity contribution < 1.29 is 29.3 Å². The molecule has 3 aromatic rings. The molecule has 0 spiro atoms. The molecule has 50 heavy (non-hydrogen) atoms. The number of nitrogens with one attached hydrogen (secondary N) is 2. The van der Waals surface area contributed by atoms with Crippen LogP contribution in [0.3, 0.4) is 0 Å². The van der Waals surface area contributed by atoms with Crippen LogP contribution in [0.2, 0.25) is 0 Å². The van der Waals surface area contributed by atoms with Gasteiger partial charge in [0.05, 0.1) is 12.1 Å². The standard InChI is InChI=1S/C37H45BrN6O6/c1-36(2,3)50-35(49)39-28-15-11-6-4-5-10-14-25-21-37(25,34(47)48)40-32(45)29-20-27(22-43(29)33(28)46)44-41-30(23-12-8-7-9-13-23)31(42-44)24-16-18-26(38)19-17-24/h7-10,12-14,16-19,25,27-29,32,40,45H,4-6,11,15,20-22H2,1-3H3,(H,39,49)(H,47,48)/t25-,27?,28-,29+,32+,37+/m1/s1. The molecule has 2 amide bonds. The highest BCUT2D eigenvalue weighted by Crippen LogP contribution is 2.46. The number of rotatable bonds is 5. The first-order valence-corrected chi connectivity index (χ1v) is 18.1. The average molecular weight is 750 g/mol. The fourth-order valence-corrected chi connectivity index (χ4v) is 7.21. The third kappa shape index (κ3) is 7.95. The van der Waals surface area contributed by atoms with Crippen LogP contribution < -0.4 is 10.6 Å². The van der Waals surface area contributed by atoms with Gasteiger partial charge in [-0.2, -0.15) is 15.0 Å². The lowest BCUT2D eigenvalue weighted by Gasteiger charge is -2.33. The first kappa shape index (κ1) is 35.7. The molecule has 1 aromatic heterocycles. The van der Waals surface area contributed by atoms with Crippen molar-refractivity contribution in [3.63, 3.8) is 0 Å². The van der Waals surface area contributed by atoms with E-state index in [1.807, 2.05) is 66.7 Å². The Kier molecular flexibility index (Phi) is 10.5. The van der Waals surface area contributed by atoms with Gasteiger partial charge in [0.2, 0.25) is 5.91 Å². The van der Waals surface area contributed by atoms with E-state index in [1.54, 1.807) is 30.5 Å². The maximum absolute atomic E-state index is 14.5. The van der Waals surface area contributed by atoms with Crippen molar-refractivity contribution in [2.24, 2.45) is 5.92 Å². The van der Waals surface area contributed by atoms with E-state index in [9.17, 15) is 24.6 Å². The molecule has 6 rings (SSSR count). The predicted octanol–water partition coefficient (Wildman–Crippen LogP) is 5.68. The van der Waals surface area contributed by atoms with Crippen molar-refractivity contribution in [1.82, 2.24) is 30.5 Å². The van der Waals surface area contributed by atoms with Gasteiger partial charge in [-0.15, -0.1) is 0 Å². The number of allylic oxidation sites excluding steroid dienone is 1. The van der Waals surface area contributed by atoms with Gasteiger partial charge in [-0.3, -0.25) is 14.9 Å². The summed E-state index contributed by atoms with van der Waals surface area (Å²) in [4.78, 5) is 43.1. The summed E-state index contributed by atoms with van der Waals surface area (Å²) in [6.45, 7) is 5.41. The van der Waals surface area contributed by atoms with E-state index >= 15 is 0 Å². The number of benzene rings is 2. The molecule has 3 aliphatic rings. The molecule has 13 heteroatoms. The quantitative estimate of drug-likeness (QED) is 0.241. The van der Waals surface area contributed by atoms with Crippen LogP contribution in [-0.2, 0) is 14.3 Å². The van der Waals surface area contributed by atoms with Gasteiger partial charge in [0.15, 0.2) is 0 Å². The van der Waals surface area contributed by atoms with Crippen molar-refractivity contribution >= 4 is 33.9 Å². The number of carboxylic acid groups (broad SMARTS) is 1. The number of hydrogen-bond donors (Lipinski definition) is 4. The van der Waals surface area contributed by atoms with E-state index in [0.29, 0.717) is 30.7 Å². The smallest absolute Gasteiger partial charge is 0.408 e. The van der Waals surface area contributed by atoms with Gasteiger partial charge < -0.3 is 25.2 Å². The number of nitrogens with zero attached hydrogens (tertiary/aromatic N) is 4. The summed E-state index contributed by atoms with van der Waals surface area (Å²) >= 11 is 3.50. The molecule has 2 fully saturated rings. The van der Waals surface area contributed by atoms with E-state index in [1.165, 1.54) is 0 Å². The molecule has 1 saturated heterocycles. The first-order chi connectivity index (χ1) is 23.8. The van der Waals surface area contributed by atoms with Gasteiger partial charge in [-0.25, -0.2) is 4.79 Å². The molecule has 4 N–H and O–H groups in total. The minimum absolute atomic E-state index is 0.140. The molecule has 0 bridgehead atoms. The maximum Gasteiger partial charge on any atom is 0.408 e. The molecule has 2 aliphatic heterocycles. The first-order valence-electron chi connectivity index (χ1n) is 17.3. The fourth-order valence-electron chi connectivity index (χ4n) is 6.95. The minimum Gasteiger partial charge on any atom is -0.480 e. The zero-order chi connectivity index (χ0) is 35.6. The summed E-state index contributed by atoms with van der Waals surface area (Å²) in [5.41, 5.74) is 0.976. The van der Waals surface area contributed by atoms with Crippen LogP contribution in [0.1, 0.15) is 71.8 Å². The Morgan fingerprint density at radius 1 is 1.02 bits per heavy atom. The Balaban J connectivity index is 1.36. The molecule has 6 atom stereocenters. The van der Waals surface area contributed by atoms with Gasteiger partial charge in [0.1, 0.15) is 34.8 Å². The normalized spacial score (nSPS) is 27.4. The topological polar surface area (TPSA) is 159 Å². The summed E-state index contributed by atoms with van der Waals surface area (Å²) in [6.07, 6.45) is 5.94. The number of carbonyl (C=O) groups excluding carboxylic acids is 2. The molecular weight excluding hydrogens is 704 g/mol. The summed E-state index contributed by atoms with van der Waals surface area (Å²) in [7, 11) is 0. The molecule has 12 nitrogen and oxygen atoms in total. The van der Waals surface area contributed by atoms with Gasteiger partial charge in [-0.05, 0) is 65.0 Å². The molecule has 3 heterocycles. The van der Waals surface area contributed by atoms with Crippen molar-refractivity contribution in [2.75, 3.05) is 6.54 Å². The van der Waals surface area contributed by atoms with E-state index in [4.69, 9.17) is 14.9 Å². The predicted molar refractivity (Wildman–Crippen MR) is 191 cm³/mol. The number of aliphatic hydroxyl groups excluding tert-OH is 1. The lowest BCUT2D eigenvalue weighted by atomic mass is 10.0. The maximum atomic E-state index is 14.5. The summed E-state index contributed by atoms with van der Waals surface area (Å²) in [5, 5.41) is 37.7. The van der Waals surface area contributed by atoms with Crippen molar-refractivity contribution in [2.45, 2.75) is 101 Å². The Morgan fingerprint density at radius 3 is 2.36 bits per heavy atom. The highest BCUT2D eigenvalue weighted by Gasteiger charge is 2.61. The van der Waals surface area contributed by atoms with E-state index in [2.05, 4.69) is 26.6 Å². The highest BCUT2D eigenvalue weighted by atomic mass is 79.9. The Hall–Kier alpha value is -4.07. The average Bonchev–Trinajstić information content (AvgIpc) is 3.38. The molecule has 1 unspecified atom stereocenters. The molecule has 1 saturated carbocycles. The number of aliphatic carboxylic acids is 1. The van der Waals surface area contributed by atoms with Crippen LogP contribution >= 0.6 is 15.9 Å². The minimum atomic E-state index is -1.37. The molecule has 2 aromatic carbocycles. The highest BCUT2D eigenvalue weighted by molar-refractivity contribution is 9.10. The lowest BCUT2D eigenvalue weighted by Crippen LogP contribution is -2.58. The summed E-state index contributed by atoms with van der Waals surface area (Å²) in [6, 6.07) is 15.3. The Morgan fingerprint density at radius 2 is 1.70 bits per heavy atom. The third-order valence-electron chi connectivity index (χ3n) is 9.61. The number of aromatic nitrogens is 3. The molecule has 1 aliphatic carbocycles. The van der Waals surface area contributed by atoms with Crippen LogP contribution in [0.25, 0.3) is 22.5 Å². The second-order valence-corrected chi connectivity index (χ2v) is 15.4. The third-order valence-corrected chi connectivity index (χ3v) is 10.1. The van der Waals surface area contributed by atoms with Crippen LogP contribution in [-0.4, -0.2) is 84.1 Å². The number of alkyl carbamates (subject to hydrolysis) is 1. The molecule has 0 radical (unpaired) electrons. The van der Waals surface area contributed by atoms with Crippen LogP contribution in [0, 0.1) is 5.92 Å². The van der Waals surface area contributed by atoms with Crippen LogP contribution in [0.15, 0.2) is 71.2 Å². The van der Waals surface area contributed by atoms with Gasteiger partial charge >= 0.3 is 12.1 Å². The van der Waals surface area contributed by atoms with E-state index in [0.717, 1.165) is 34.9 Å². The molecular formula is C37H45BrN6O6. The second kappa shape index (κ2) is 14.7. The number of ether oxygens (including phenoxy) is 1. The van der Waals surface area contributed by atoms with E-state index in [-0.39, 0.29) is 24.8 Å². The van der Waals surface area contributed by atoms with Crippen molar-refractivity contribution in [3.05, 3.63) is 71.2 Å². The fraction of sp³-hybridized carbons (Fsp3) is 0.486. The largest absolute Gasteiger partial charge is 0.480 e. The summed E-state index contributed by atoms with van der Waals surface area (Å²) in [5.74, 6) is -1.71. The Bertz CT molecular complexity index is 1720. The van der Waals surface area contributed by atoms with E-state index < -0.39 is 47.6 Å². The van der Waals surface area contributed by atoms with Gasteiger partial charge in [-0.1, -0.05) is 83.4 Å². The number of amides is 2. The lowest BCUT2D eigenvalue weighted by molar-refractivity contribution is -0.143. The Labute approximate surface area is 300 Å². The van der Waals surface area contributed by atoms with Gasteiger partial charge in [0, 0.05) is 28.1 Å². The number of halogens is 1. The van der Waals surface area contributed by atoms with Crippen molar-refractivity contribution in [1.29, 1.82) is 0 Å². The monoisotopic (exact) mass is 748 g/mol. The number of aliphatic hydroxyl groups is 1. The van der Waals surface area contributed by atoms with Crippen LogP contribution in [0.4, 0.5) is 4.79 Å². The zero-order valence-corrected chi connectivity index (χ0v) is 30.2. The SMILES string of the molecule is CC(C)(C)OC(=O)N[C@@H]1CCCCCC=C[C@@H]2C[C@]2(C(=O)O)N[C@@H](O)[C@@H]2CC(n3nc(-c4ccccc4)c(-c4ccc(Br)cc4)n3)CN2C1=O. The summed E-state index contributed by atoms with van der Waals surface area (Å²) < 4.78 is 6.45. The zero-order valence-electron chi connectivity index (χ0n) is 28.6. The molecule has 266 valence electrons. The van der Waals surface area contributed by atoms with Gasteiger partial charge in [0.25, 0.3) is 0 Å². The van der Waals surface area contributed by atoms with Crippen LogP contribution in [0.5, 0.6) is 0 Å². The number of fused-ring (bicyclic) bond motifs is 2.